The first kappa shape index (κ1) is 13.1. The first-order chi connectivity index (χ1) is 8.58. The van der Waals surface area contributed by atoms with Crippen molar-refractivity contribution >= 4 is 11.6 Å². The molecule has 1 fully saturated rings. The minimum atomic E-state index is 0.262. The van der Waals surface area contributed by atoms with E-state index in [9.17, 15) is 5.11 Å². The van der Waals surface area contributed by atoms with Gasteiger partial charge in [0.1, 0.15) is 17.5 Å². The molecule has 0 spiro atoms. The molecule has 1 saturated heterocycles. The monoisotopic (exact) mass is 250 g/mol. The van der Waals surface area contributed by atoms with Crippen LogP contribution in [0.25, 0.3) is 0 Å². The first-order valence-electron chi connectivity index (χ1n) is 6.56. The Morgan fingerprint density at radius 1 is 1.50 bits per heavy atom. The lowest BCUT2D eigenvalue weighted by molar-refractivity contribution is 0.238. The summed E-state index contributed by atoms with van der Waals surface area (Å²) in [6.45, 7) is 8.20. The molecule has 0 aromatic carbocycles. The Kier molecular flexibility index (Phi) is 4.01. The van der Waals surface area contributed by atoms with Gasteiger partial charge < -0.3 is 15.3 Å². The number of aromatic nitrogens is 2. The van der Waals surface area contributed by atoms with Gasteiger partial charge in [-0.15, -0.1) is 0 Å². The van der Waals surface area contributed by atoms with Crippen molar-refractivity contribution in [2.45, 2.75) is 33.2 Å². The van der Waals surface area contributed by atoms with Gasteiger partial charge in [0.2, 0.25) is 0 Å². The molecule has 0 amide bonds. The molecule has 2 N–H and O–H groups in total. The Morgan fingerprint density at radius 2 is 2.28 bits per heavy atom. The second-order valence-electron chi connectivity index (χ2n) is 5.24. The number of aliphatic hydroxyl groups is 1. The van der Waals surface area contributed by atoms with Crippen molar-refractivity contribution in [3.8, 4) is 0 Å². The fourth-order valence-electron chi connectivity index (χ4n) is 2.27. The van der Waals surface area contributed by atoms with Crippen molar-refractivity contribution in [3.05, 3.63) is 11.9 Å². The molecule has 0 radical (unpaired) electrons. The number of anilines is 2. The van der Waals surface area contributed by atoms with Gasteiger partial charge in [0.25, 0.3) is 0 Å². The van der Waals surface area contributed by atoms with Gasteiger partial charge in [0.15, 0.2) is 0 Å². The molecule has 5 nitrogen and oxygen atoms in total. The lowest BCUT2D eigenvalue weighted by atomic mass is 10.1. The van der Waals surface area contributed by atoms with E-state index in [-0.39, 0.29) is 6.61 Å². The fourth-order valence-corrected chi connectivity index (χ4v) is 2.27. The number of hydrogen-bond donors (Lipinski definition) is 2. The van der Waals surface area contributed by atoms with Crippen LogP contribution in [0.3, 0.4) is 0 Å². The molecule has 100 valence electrons. The lowest BCUT2D eigenvalue weighted by Gasteiger charge is -2.19. The summed E-state index contributed by atoms with van der Waals surface area (Å²) in [5.41, 5.74) is 0. The molecule has 2 rings (SSSR count). The zero-order valence-electron chi connectivity index (χ0n) is 11.3. The summed E-state index contributed by atoms with van der Waals surface area (Å²) in [6.07, 6.45) is 1.03. The average molecular weight is 250 g/mol. The molecule has 1 aromatic rings. The highest BCUT2D eigenvalue weighted by Gasteiger charge is 2.23. The molecular weight excluding hydrogens is 228 g/mol. The summed E-state index contributed by atoms with van der Waals surface area (Å²) in [6, 6.07) is 2.35. The van der Waals surface area contributed by atoms with Crippen LogP contribution in [0.1, 0.15) is 26.1 Å². The predicted octanol–water partition coefficient (Wildman–Crippen LogP) is 1.42. The Labute approximate surface area is 108 Å². The van der Waals surface area contributed by atoms with Gasteiger partial charge in [0.05, 0.1) is 0 Å². The summed E-state index contributed by atoms with van der Waals surface area (Å²) in [5, 5.41) is 12.5. The van der Waals surface area contributed by atoms with Crippen molar-refractivity contribution in [3.63, 3.8) is 0 Å². The van der Waals surface area contributed by atoms with Gasteiger partial charge in [-0.25, -0.2) is 9.97 Å². The third-order valence-corrected chi connectivity index (χ3v) is 3.13. The highest BCUT2D eigenvalue weighted by Crippen LogP contribution is 2.23. The maximum atomic E-state index is 9.19. The number of nitrogens with zero attached hydrogens (tertiary/aromatic N) is 3. The van der Waals surface area contributed by atoms with Crippen LogP contribution in [0, 0.1) is 12.8 Å². The standard InChI is InChI=1S/C13H22N4O/c1-9(2)14-12-6-13(16-10(3)15-12)17-5-4-11(7-17)8-18/h6,9,11,18H,4-5,7-8H2,1-3H3,(H,14,15,16). The van der Waals surface area contributed by atoms with Gasteiger partial charge in [-0.3, -0.25) is 0 Å². The van der Waals surface area contributed by atoms with Crippen LogP contribution in [-0.4, -0.2) is 40.8 Å². The highest BCUT2D eigenvalue weighted by molar-refractivity contribution is 5.50. The van der Waals surface area contributed by atoms with E-state index in [4.69, 9.17) is 0 Å². The number of aliphatic hydroxyl groups excluding tert-OH is 1. The van der Waals surface area contributed by atoms with Crippen molar-refractivity contribution in [2.75, 3.05) is 29.9 Å². The summed E-state index contributed by atoms with van der Waals surface area (Å²) >= 11 is 0. The molecule has 0 saturated carbocycles. The second-order valence-corrected chi connectivity index (χ2v) is 5.24. The van der Waals surface area contributed by atoms with E-state index < -0.39 is 0 Å². The summed E-state index contributed by atoms with van der Waals surface area (Å²) < 4.78 is 0. The average Bonchev–Trinajstić information content (AvgIpc) is 2.75. The van der Waals surface area contributed by atoms with Crippen molar-refractivity contribution in [1.82, 2.24) is 9.97 Å². The second kappa shape index (κ2) is 5.52. The Balaban J connectivity index is 2.15. The third-order valence-electron chi connectivity index (χ3n) is 3.13. The summed E-state index contributed by atoms with van der Waals surface area (Å²) in [7, 11) is 0. The number of aryl methyl sites for hydroxylation is 1. The zero-order valence-corrected chi connectivity index (χ0v) is 11.3. The van der Waals surface area contributed by atoms with Crippen LogP contribution in [0.4, 0.5) is 11.6 Å². The SMILES string of the molecule is Cc1nc(NC(C)C)cc(N2CCC(CO)C2)n1. The number of nitrogens with one attached hydrogen (secondary N) is 1. The summed E-state index contributed by atoms with van der Waals surface area (Å²) in [5.74, 6) is 2.99. The minimum Gasteiger partial charge on any atom is -0.396 e. The Hall–Kier alpha value is -1.36. The van der Waals surface area contributed by atoms with Gasteiger partial charge in [-0.1, -0.05) is 0 Å². The van der Waals surface area contributed by atoms with Gasteiger partial charge in [-0.2, -0.15) is 0 Å². The van der Waals surface area contributed by atoms with E-state index in [2.05, 4.69) is 34.0 Å². The molecule has 1 atom stereocenters. The normalized spacial score (nSPS) is 19.6. The molecule has 1 unspecified atom stereocenters. The van der Waals surface area contributed by atoms with E-state index in [1.165, 1.54) is 0 Å². The van der Waals surface area contributed by atoms with Crippen LogP contribution >= 0.6 is 0 Å². The van der Waals surface area contributed by atoms with Gasteiger partial charge in [-0.05, 0) is 27.2 Å². The van der Waals surface area contributed by atoms with Crippen LogP contribution in [0.5, 0.6) is 0 Å². The number of hydrogen-bond acceptors (Lipinski definition) is 5. The fraction of sp³-hybridized carbons (Fsp3) is 0.692. The van der Waals surface area contributed by atoms with Gasteiger partial charge >= 0.3 is 0 Å². The third kappa shape index (κ3) is 3.10. The van der Waals surface area contributed by atoms with Crippen molar-refractivity contribution in [2.24, 2.45) is 5.92 Å². The maximum absolute atomic E-state index is 9.19. The van der Waals surface area contributed by atoms with Gasteiger partial charge in [0, 0.05) is 37.7 Å². The quantitative estimate of drug-likeness (QED) is 0.846. The molecule has 1 aliphatic rings. The van der Waals surface area contributed by atoms with Crippen molar-refractivity contribution < 1.29 is 5.11 Å². The van der Waals surface area contributed by atoms with E-state index in [0.717, 1.165) is 37.0 Å². The first-order valence-corrected chi connectivity index (χ1v) is 6.56. The zero-order chi connectivity index (χ0) is 13.1. The maximum Gasteiger partial charge on any atom is 0.134 e. The van der Waals surface area contributed by atoms with Crippen LogP contribution in [0.15, 0.2) is 6.07 Å². The van der Waals surface area contributed by atoms with Crippen LogP contribution in [0.2, 0.25) is 0 Å². The number of rotatable bonds is 4. The topological polar surface area (TPSA) is 61.3 Å². The molecular formula is C13H22N4O. The lowest BCUT2D eigenvalue weighted by Crippen LogP contribution is -2.23. The van der Waals surface area contributed by atoms with E-state index >= 15 is 0 Å². The largest absolute Gasteiger partial charge is 0.396 e. The smallest absolute Gasteiger partial charge is 0.134 e. The molecule has 1 aromatic heterocycles. The van der Waals surface area contributed by atoms with E-state index in [0.29, 0.717) is 12.0 Å². The highest BCUT2D eigenvalue weighted by atomic mass is 16.3. The molecule has 5 heteroatoms. The Morgan fingerprint density at radius 3 is 2.89 bits per heavy atom. The minimum absolute atomic E-state index is 0.262. The van der Waals surface area contributed by atoms with Crippen LogP contribution in [-0.2, 0) is 0 Å². The predicted molar refractivity (Wildman–Crippen MR) is 72.9 cm³/mol. The van der Waals surface area contributed by atoms with Crippen molar-refractivity contribution in [1.29, 1.82) is 0 Å². The molecule has 1 aliphatic heterocycles. The molecule has 18 heavy (non-hydrogen) atoms. The van der Waals surface area contributed by atoms with E-state index in [1.54, 1.807) is 0 Å². The Bertz CT molecular complexity index is 408. The molecule has 0 aliphatic carbocycles. The molecule has 0 bridgehead atoms. The van der Waals surface area contributed by atoms with Crippen LogP contribution < -0.4 is 10.2 Å². The summed E-state index contributed by atoms with van der Waals surface area (Å²) in [4.78, 5) is 11.1. The van der Waals surface area contributed by atoms with E-state index in [1.807, 2.05) is 13.0 Å². The molecule has 2 heterocycles.